The molecule has 94 valence electrons. The number of anilines is 1. The van der Waals surface area contributed by atoms with Crippen LogP contribution in [0.4, 0.5) is 14.5 Å². The third kappa shape index (κ3) is 3.16. The van der Waals surface area contributed by atoms with Crippen LogP contribution in [0.2, 0.25) is 0 Å². The first-order chi connectivity index (χ1) is 8.16. The van der Waals surface area contributed by atoms with Gasteiger partial charge in [-0.15, -0.1) is 0 Å². The minimum absolute atomic E-state index is 0.503. The highest BCUT2D eigenvalue weighted by Crippen LogP contribution is 2.20. The van der Waals surface area contributed by atoms with E-state index in [-0.39, 0.29) is 0 Å². The summed E-state index contributed by atoms with van der Waals surface area (Å²) < 4.78 is 26.1. The molecular formula is C13H18F2N2. The Labute approximate surface area is 101 Å². The Balaban J connectivity index is 2.15. The highest BCUT2D eigenvalue weighted by atomic mass is 19.2. The number of benzene rings is 1. The second-order valence-electron chi connectivity index (χ2n) is 4.71. The second-order valence-corrected chi connectivity index (χ2v) is 4.71. The molecule has 0 amide bonds. The predicted molar refractivity (Wildman–Crippen MR) is 65.2 cm³/mol. The summed E-state index contributed by atoms with van der Waals surface area (Å²) in [5, 5.41) is 3.37. The molecule has 1 atom stereocenters. The van der Waals surface area contributed by atoms with Gasteiger partial charge >= 0.3 is 0 Å². The summed E-state index contributed by atoms with van der Waals surface area (Å²) in [4.78, 5) is 2.13. The molecule has 1 aliphatic rings. The van der Waals surface area contributed by atoms with E-state index < -0.39 is 11.6 Å². The van der Waals surface area contributed by atoms with Gasteiger partial charge in [0.05, 0.1) is 0 Å². The quantitative estimate of drug-likeness (QED) is 0.811. The third-order valence-corrected chi connectivity index (χ3v) is 3.07. The van der Waals surface area contributed by atoms with Gasteiger partial charge in [-0.2, -0.15) is 0 Å². The molecule has 1 saturated heterocycles. The van der Waals surface area contributed by atoms with Crippen LogP contribution in [-0.2, 0) is 0 Å². The topological polar surface area (TPSA) is 15.3 Å². The molecule has 1 unspecified atom stereocenters. The molecule has 1 aromatic rings. The molecule has 0 radical (unpaired) electrons. The maximum atomic E-state index is 13.2. The Kier molecular flexibility index (Phi) is 3.94. The SMILES string of the molecule is CC1CNCCCN(c2ccc(F)c(F)c2)C1. The smallest absolute Gasteiger partial charge is 0.160 e. The van der Waals surface area contributed by atoms with Crippen LogP contribution in [0, 0.1) is 17.6 Å². The monoisotopic (exact) mass is 240 g/mol. The van der Waals surface area contributed by atoms with Crippen molar-refractivity contribution in [3.05, 3.63) is 29.8 Å². The van der Waals surface area contributed by atoms with E-state index in [4.69, 9.17) is 0 Å². The molecule has 0 spiro atoms. The average Bonchev–Trinajstić information content (AvgIpc) is 2.27. The lowest BCUT2D eigenvalue weighted by Gasteiger charge is -2.30. The fourth-order valence-corrected chi connectivity index (χ4v) is 2.19. The standard InChI is InChI=1S/C13H18F2N2/c1-10-8-16-5-2-6-17(9-10)11-3-4-12(14)13(15)7-11/h3-4,7,10,16H,2,5-6,8-9H2,1H3. The van der Waals surface area contributed by atoms with Crippen LogP contribution < -0.4 is 10.2 Å². The zero-order valence-electron chi connectivity index (χ0n) is 10.0. The maximum Gasteiger partial charge on any atom is 0.160 e. The van der Waals surface area contributed by atoms with Crippen LogP contribution >= 0.6 is 0 Å². The Morgan fingerprint density at radius 3 is 2.88 bits per heavy atom. The fraction of sp³-hybridized carbons (Fsp3) is 0.538. The molecule has 0 aliphatic carbocycles. The maximum absolute atomic E-state index is 13.2. The van der Waals surface area contributed by atoms with Crippen molar-refractivity contribution in [3.63, 3.8) is 0 Å². The molecule has 2 nitrogen and oxygen atoms in total. The molecular weight excluding hydrogens is 222 g/mol. The summed E-state index contributed by atoms with van der Waals surface area (Å²) in [5.41, 5.74) is 0.776. The predicted octanol–water partition coefficient (Wildman–Crippen LogP) is 2.40. The van der Waals surface area contributed by atoms with Crippen molar-refractivity contribution in [1.82, 2.24) is 5.32 Å². The van der Waals surface area contributed by atoms with Crippen LogP contribution in [0.3, 0.4) is 0 Å². The number of rotatable bonds is 1. The van der Waals surface area contributed by atoms with Crippen LogP contribution in [-0.4, -0.2) is 26.2 Å². The number of nitrogens with zero attached hydrogens (tertiary/aromatic N) is 1. The zero-order valence-corrected chi connectivity index (χ0v) is 10.0. The van der Waals surface area contributed by atoms with Crippen molar-refractivity contribution in [1.29, 1.82) is 0 Å². The number of hydrogen-bond donors (Lipinski definition) is 1. The van der Waals surface area contributed by atoms with E-state index in [1.165, 1.54) is 12.1 Å². The van der Waals surface area contributed by atoms with E-state index in [2.05, 4.69) is 17.1 Å². The van der Waals surface area contributed by atoms with Gasteiger partial charge in [0.1, 0.15) is 0 Å². The van der Waals surface area contributed by atoms with Gasteiger partial charge in [-0.05, 0) is 37.6 Å². The average molecular weight is 240 g/mol. The van der Waals surface area contributed by atoms with Crippen molar-refractivity contribution >= 4 is 5.69 Å². The third-order valence-electron chi connectivity index (χ3n) is 3.07. The van der Waals surface area contributed by atoms with Crippen molar-refractivity contribution in [3.8, 4) is 0 Å². The van der Waals surface area contributed by atoms with Crippen LogP contribution in [0.25, 0.3) is 0 Å². The van der Waals surface area contributed by atoms with Crippen LogP contribution in [0.1, 0.15) is 13.3 Å². The molecule has 1 aliphatic heterocycles. The van der Waals surface area contributed by atoms with Crippen molar-refractivity contribution in [2.75, 3.05) is 31.1 Å². The van der Waals surface area contributed by atoms with E-state index >= 15 is 0 Å². The van der Waals surface area contributed by atoms with Gasteiger partial charge in [0.25, 0.3) is 0 Å². The zero-order chi connectivity index (χ0) is 12.3. The highest BCUT2D eigenvalue weighted by Gasteiger charge is 2.15. The van der Waals surface area contributed by atoms with Gasteiger partial charge in [0, 0.05) is 24.8 Å². The highest BCUT2D eigenvalue weighted by molar-refractivity contribution is 5.46. The normalized spacial score (nSPS) is 22.1. The fourth-order valence-electron chi connectivity index (χ4n) is 2.19. The van der Waals surface area contributed by atoms with Crippen molar-refractivity contribution in [2.45, 2.75) is 13.3 Å². The largest absolute Gasteiger partial charge is 0.371 e. The summed E-state index contributed by atoms with van der Waals surface area (Å²) in [5.74, 6) is -1.05. The lowest BCUT2D eigenvalue weighted by molar-refractivity contribution is 0.466. The number of nitrogens with one attached hydrogen (secondary N) is 1. The van der Waals surface area contributed by atoms with Gasteiger partial charge in [-0.3, -0.25) is 0 Å². The Hall–Kier alpha value is -1.16. The molecule has 1 aromatic carbocycles. The minimum atomic E-state index is -0.782. The van der Waals surface area contributed by atoms with E-state index in [0.29, 0.717) is 5.92 Å². The summed E-state index contributed by atoms with van der Waals surface area (Å²) in [6.07, 6.45) is 1.02. The number of halogens is 2. The van der Waals surface area contributed by atoms with E-state index in [0.717, 1.165) is 38.3 Å². The van der Waals surface area contributed by atoms with E-state index in [1.807, 2.05) is 0 Å². The lowest BCUT2D eigenvalue weighted by atomic mass is 10.1. The minimum Gasteiger partial charge on any atom is -0.371 e. The molecule has 17 heavy (non-hydrogen) atoms. The molecule has 0 aromatic heterocycles. The van der Waals surface area contributed by atoms with Gasteiger partial charge in [0.2, 0.25) is 0 Å². The Bertz CT molecular complexity index is 382. The summed E-state index contributed by atoms with van der Waals surface area (Å²) in [6.45, 7) is 5.86. The molecule has 4 heteroatoms. The first-order valence-electron chi connectivity index (χ1n) is 6.07. The summed E-state index contributed by atoms with van der Waals surface area (Å²) in [7, 11) is 0. The molecule has 2 rings (SSSR count). The van der Waals surface area contributed by atoms with Crippen LogP contribution in [0.15, 0.2) is 18.2 Å². The number of hydrogen-bond acceptors (Lipinski definition) is 2. The summed E-state index contributed by atoms with van der Waals surface area (Å²) >= 11 is 0. The molecule has 0 saturated carbocycles. The van der Waals surface area contributed by atoms with Gasteiger partial charge in [-0.25, -0.2) is 8.78 Å². The second kappa shape index (κ2) is 5.45. The Morgan fingerprint density at radius 1 is 1.29 bits per heavy atom. The van der Waals surface area contributed by atoms with E-state index in [1.54, 1.807) is 6.07 Å². The molecule has 1 N–H and O–H groups in total. The Morgan fingerprint density at radius 2 is 2.12 bits per heavy atom. The molecule has 1 heterocycles. The van der Waals surface area contributed by atoms with Crippen molar-refractivity contribution < 1.29 is 8.78 Å². The van der Waals surface area contributed by atoms with Gasteiger partial charge in [0.15, 0.2) is 11.6 Å². The first kappa shape index (κ1) is 12.3. The van der Waals surface area contributed by atoms with Gasteiger partial charge < -0.3 is 10.2 Å². The molecule has 0 bridgehead atoms. The van der Waals surface area contributed by atoms with Crippen molar-refractivity contribution in [2.24, 2.45) is 5.92 Å². The van der Waals surface area contributed by atoms with Gasteiger partial charge in [-0.1, -0.05) is 6.92 Å². The van der Waals surface area contributed by atoms with E-state index in [9.17, 15) is 8.78 Å². The molecule has 1 fully saturated rings. The summed E-state index contributed by atoms with van der Waals surface area (Å²) in [6, 6.07) is 4.14. The lowest BCUT2D eigenvalue weighted by Crippen LogP contribution is -2.38. The first-order valence-corrected chi connectivity index (χ1v) is 6.07. The van der Waals surface area contributed by atoms with Crippen LogP contribution in [0.5, 0.6) is 0 Å².